The number of rotatable bonds is 7. The first-order valence-corrected chi connectivity index (χ1v) is 19.0. The molecule has 13 heteroatoms. The van der Waals surface area contributed by atoms with E-state index in [9.17, 15) is 0 Å². The van der Waals surface area contributed by atoms with Crippen molar-refractivity contribution in [2.24, 2.45) is 0 Å². The maximum Gasteiger partial charge on any atom is 0.231 e. The van der Waals surface area contributed by atoms with Crippen LogP contribution < -0.4 is 10.6 Å². The van der Waals surface area contributed by atoms with Gasteiger partial charge in [-0.05, 0) is 105 Å². The van der Waals surface area contributed by atoms with Gasteiger partial charge >= 0.3 is 0 Å². The molecule has 8 rings (SSSR count). The van der Waals surface area contributed by atoms with Crippen molar-refractivity contribution >= 4 is 92.5 Å². The Morgan fingerprint density at radius 1 is 0.667 bits per heavy atom. The summed E-state index contributed by atoms with van der Waals surface area (Å²) in [7, 11) is 0. The normalized spacial score (nSPS) is 15.3. The molecule has 10 nitrogen and oxygen atoms in total. The molecule has 6 aromatic rings. The predicted octanol–water partition coefficient (Wildman–Crippen LogP) is 9.68. The molecule has 0 amide bonds. The van der Waals surface area contributed by atoms with Gasteiger partial charge in [-0.3, -0.25) is 0 Å². The molecule has 0 unspecified atom stereocenters. The molecule has 2 aliphatic heterocycles. The van der Waals surface area contributed by atoms with Crippen molar-refractivity contribution < 1.29 is 18.3 Å². The lowest BCUT2D eigenvalue weighted by molar-refractivity contribution is 0.00839. The van der Waals surface area contributed by atoms with Gasteiger partial charge in [-0.2, -0.15) is 23.5 Å². The molecule has 2 aromatic carbocycles. The number of nitrogens with one attached hydrogen (secondary N) is 2. The van der Waals surface area contributed by atoms with Crippen molar-refractivity contribution in [2.45, 2.75) is 63.5 Å². The van der Waals surface area contributed by atoms with E-state index in [1.54, 1.807) is 0 Å². The van der Waals surface area contributed by atoms with Crippen LogP contribution in [0.15, 0.2) is 69.5 Å². The fourth-order valence-electron chi connectivity index (χ4n) is 5.59. The number of furan rings is 2. The first-order valence-electron chi connectivity index (χ1n) is 16.7. The van der Waals surface area contributed by atoms with Gasteiger partial charge in [-0.25, -0.2) is 9.97 Å². The van der Waals surface area contributed by atoms with Gasteiger partial charge < -0.3 is 28.9 Å². The van der Waals surface area contributed by atoms with Crippen LogP contribution in [0.3, 0.4) is 0 Å². The van der Waals surface area contributed by atoms with Crippen LogP contribution in [-0.4, -0.2) is 50.3 Å². The third-order valence-corrected chi connectivity index (χ3v) is 9.82. The Hall–Kier alpha value is -2.99. The van der Waals surface area contributed by atoms with Crippen LogP contribution in [0.5, 0.6) is 0 Å². The van der Waals surface area contributed by atoms with Crippen LogP contribution in [-0.2, 0) is 9.47 Å². The van der Waals surface area contributed by atoms with Crippen LogP contribution in [0.25, 0.3) is 22.2 Å². The number of halogens is 2. The Bertz CT molecular complexity index is 2080. The van der Waals surface area contributed by atoms with E-state index in [0.29, 0.717) is 29.0 Å². The van der Waals surface area contributed by atoms with Gasteiger partial charge in [0, 0.05) is 15.5 Å². The van der Waals surface area contributed by atoms with Crippen molar-refractivity contribution in [3.05, 3.63) is 104 Å². The largest absolute Gasteiger partial charge is 0.443 e. The number of alkyl halides is 1. The lowest BCUT2D eigenvalue weighted by Gasteiger charge is -2.27. The minimum Gasteiger partial charge on any atom is -0.443 e. The minimum atomic E-state index is 0. The minimum absolute atomic E-state index is 0. The molecule has 2 N–H and O–H groups in total. The van der Waals surface area contributed by atoms with Crippen molar-refractivity contribution in [2.75, 3.05) is 37.1 Å². The number of aromatic nitrogens is 4. The fraction of sp³-hybridized carbons (Fsp3) is 0.368. The summed E-state index contributed by atoms with van der Waals surface area (Å²) in [5, 5.41) is 8.83. The zero-order valence-corrected chi connectivity index (χ0v) is 34.9. The quantitative estimate of drug-likeness (QED) is 0.118. The molecular formula is C38H44I2N6O4S. The number of hydrogen-bond donors (Lipinski definition) is 2. The number of aryl methyl sites for hydroxylation is 4. The van der Waals surface area contributed by atoms with E-state index in [2.05, 4.69) is 138 Å². The van der Waals surface area contributed by atoms with Crippen molar-refractivity contribution in [1.29, 1.82) is 0 Å². The van der Waals surface area contributed by atoms with E-state index >= 15 is 0 Å². The number of fused-ring (bicyclic) bond motifs is 2. The molecule has 2 saturated heterocycles. The molecule has 0 spiro atoms. The van der Waals surface area contributed by atoms with Crippen LogP contribution in [0.2, 0.25) is 0 Å². The second-order valence-electron chi connectivity index (χ2n) is 12.7. The third kappa shape index (κ3) is 10.1. The van der Waals surface area contributed by atoms with E-state index in [1.165, 1.54) is 20.3 Å². The zero-order chi connectivity index (χ0) is 35.4. The highest BCUT2D eigenvalue weighted by molar-refractivity contribution is 14.1. The average molecular weight is 935 g/mol. The number of ether oxygens (including phenoxy) is 2. The Labute approximate surface area is 333 Å². The molecule has 4 aromatic heterocycles. The molecule has 51 heavy (non-hydrogen) atoms. The summed E-state index contributed by atoms with van der Waals surface area (Å²) in [5.74, 6) is 5.25. The summed E-state index contributed by atoms with van der Waals surface area (Å²) in [6, 6.07) is 21.4. The summed E-state index contributed by atoms with van der Waals surface area (Å²) < 4.78 is 23.4. The summed E-state index contributed by atoms with van der Waals surface area (Å²) in [6.45, 7) is 15.5. The van der Waals surface area contributed by atoms with Gasteiger partial charge in [0.05, 0.1) is 47.2 Å². The number of hydrogen-bond acceptors (Lipinski definition) is 10. The average Bonchev–Trinajstić information content (AvgIpc) is 3.60. The Morgan fingerprint density at radius 3 is 1.57 bits per heavy atom. The number of benzene rings is 2. The molecule has 270 valence electrons. The maximum atomic E-state index is 5.64. The van der Waals surface area contributed by atoms with Crippen molar-refractivity contribution in [3.8, 4) is 0 Å². The number of anilines is 2. The van der Waals surface area contributed by atoms with Crippen molar-refractivity contribution in [3.63, 3.8) is 0 Å². The highest BCUT2D eigenvalue weighted by atomic mass is 127. The van der Waals surface area contributed by atoms with E-state index in [0.717, 1.165) is 64.3 Å². The van der Waals surface area contributed by atoms with Crippen LogP contribution in [0, 0.1) is 31.3 Å². The molecule has 2 aliphatic rings. The zero-order valence-electron chi connectivity index (χ0n) is 29.6. The van der Waals surface area contributed by atoms with Crippen LogP contribution in [0.4, 0.5) is 11.6 Å². The maximum absolute atomic E-state index is 5.64. The smallest absolute Gasteiger partial charge is 0.231 e. The molecule has 0 bridgehead atoms. The highest BCUT2D eigenvalue weighted by Crippen LogP contribution is 2.31. The second kappa shape index (κ2) is 17.7. The van der Waals surface area contributed by atoms with Gasteiger partial charge in [0.15, 0.2) is 0 Å². The van der Waals surface area contributed by atoms with Gasteiger partial charge in [0.1, 0.15) is 34.8 Å². The molecule has 0 saturated carbocycles. The topological polar surface area (TPSA) is 120 Å². The lowest BCUT2D eigenvalue weighted by Crippen LogP contribution is -2.26. The summed E-state index contributed by atoms with van der Waals surface area (Å²) >= 11 is 4.69. The van der Waals surface area contributed by atoms with Gasteiger partial charge in [-0.1, -0.05) is 59.0 Å². The SMILES string of the molecule is Cc1nc(N[C@@H](C)c2cccc(C3COC3)c2)c2cc(C)oc2n1.Cc1nc(N[C@@H](C)c2cccc(I)c2)c2cc(C)oc2n1.IC1COC1.S. The predicted molar refractivity (Wildman–Crippen MR) is 225 cm³/mol. The monoisotopic (exact) mass is 934 g/mol. The van der Waals surface area contributed by atoms with E-state index in [4.69, 9.17) is 18.3 Å². The van der Waals surface area contributed by atoms with Gasteiger partial charge in [-0.15, -0.1) is 0 Å². The van der Waals surface area contributed by atoms with E-state index in [-0.39, 0.29) is 25.6 Å². The summed E-state index contributed by atoms with van der Waals surface area (Å²) in [5.41, 5.74) is 5.08. The molecule has 0 aliphatic carbocycles. The Morgan fingerprint density at radius 2 is 1.14 bits per heavy atom. The first-order chi connectivity index (χ1) is 24.0. The highest BCUT2D eigenvalue weighted by Gasteiger charge is 2.22. The first kappa shape index (κ1) is 39.2. The van der Waals surface area contributed by atoms with E-state index < -0.39 is 0 Å². The molecule has 0 radical (unpaired) electrons. The fourth-order valence-corrected chi connectivity index (χ4v) is 6.66. The Balaban J connectivity index is 0.000000172. The molecule has 2 atom stereocenters. The lowest BCUT2D eigenvalue weighted by atomic mass is 9.94. The molecule has 6 heterocycles. The molecular weight excluding hydrogens is 890 g/mol. The Kier molecular flexibility index (Phi) is 13.6. The molecule has 2 fully saturated rings. The standard InChI is InChI=1S/C19H21N3O2.C16H16IN3O.C3H5IO.H2S/c1-11-7-17-18(21-13(3)22-19(17)24-11)20-12(2)14-5-4-6-15(8-14)16-9-23-10-16;1-9-7-14-15(19-11(3)20-16(14)21-9)18-10(2)12-5-4-6-13(17)8-12;4-3-1-5-2-3;/h4-8,12,16H,9-10H2,1-3H3,(H,20,21,22);4-8,10H,1-3H3,(H,18,19,20);3H,1-2H2;1H2/t12-;10-;;/m00../s1. The van der Waals surface area contributed by atoms with Gasteiger partial charge in [0.2, 0.25) is 11.4 Å². The second-order valence-corrected chi connectivity index (χ2v) is 15.7. The van der Waals surface area contributed by atoms with Crippen LogP contribution >= 0.6 is 58.7 Å². The van der Waals surface area contributed by atoms with E-state index in [1.807, 2.05) is 39.8 Å². The van der Waals surface area contributed by atoms with Crippen LogP contribution in [0.1, 0.15) is 71.7 Å². The summed E-state index contributed by atoms with van der Waals surface area (Å²) in [6.07, 6.45) is 0. The third-order valence-electron chi connectivity index (χ3n) is 8.43. The van der Waals surface area contributed by atoms with Gasteiger partial charge in [0.25, 0.3) is 0 Å². The number of nitrogens with zero attached hydrogens (tertiary/aromatic N) is 4. The van der Waals surface area contributed by atoms with Crippen molar-refractivity contribution in [1.82, 2.24) is 19.9 Å². The summed E-state index contributed by atoms with van der Waals surface area (Å²) in [4.78, 5) is 17.8.